The average molecular weight is 298 g/mol. The van der Waals surface area contributed by atoms with Crippen LogP contribution in [0.25, 0.3) is 11.1 Å². The van der Waals surface area contributed by atoms with Gasteiger partial charge in [0.1, 0.15) is 5.52 Å². The van der Waals surface area contributed by atoms with Crippen LogP contribution in [0.1, 0.15) is 30.2 Å². The average Bonchev–Trinajstić information content (AvgIpc) is 3.10. The first-order valence-corrected chi connectivity index (χ1v) is 7.70. The van der Waals surface area contributed by atoms with Crippen LogP contribution in [0.3, 0.4) is 0 Å². The van der Waals surface area contributed by atoms with Gasteiger partial charge in [-0.1, -0.05) is 6.07 Å². The largest absolute Gasteiger partial charge is 0.440 e. The van der Waals surface area contributed by atoms with Crippen LogP contribution < -0.4 is 5.32 Å². The van der Waals surface area contributed by atoms with E-state index in [1.807, 2.05) is 37.4 Å². The van der Waals surface area contributed by atoms with Crippen molar-refractivity contribution in [2.75, 3.05) is 5.32 Å². The molecule has 1 aliphatic rings. The summed E-state index contributed by atoms with van der Waals surface area (Å²) >= 11 is 1.69. The molecule has 3 heterocycles. The van der Waals surface area contributed by atoms with E-state index in [2.05, 4.69) is 16.4 Å². The summed E-state index contributed by atoms with van der Waals surface area (Å²) in [7, 11) is 0. The van der Waals surface area contributed by atoms with Gasteiger partial charge >= 0.3 is 0 Å². The molecular formula is C16H14N2O2S. The highest BCUT2D eigenvalue weighted by molar-refractivity contribution is 7.09. The Hall–Kier alpha value is -2.14. The van der Waals surface area contributed by atoms with Gasteiger partial charge in [-0.25, -0.2) is 4.98 Å². The molecule has 0 saturated carbocycles. The zero-order valence-corrected chi connectivity index (χ0v) is 12.6. The van der Waals surface area contributed by atoms with E-state index in [0.29, 0.717) is 12.3 Å². The summed E-state index contributed by atoms with van der Waals surface area (Å²) in [5.74, 6) is 0.726. The number of nitrogens with zero attached hydrogens (tertiary/aromatic N) is 1. The van der Waals surface area contributed by atoms with Crippen molar-refractivity contribution in [2.24, 2.45) is 0 Å². The number of oxazole rings is 1. The minimum absolute atomic E-state index is 0.0176. The predicted octanol–water partition coefficient (Wildman–Crippen LogP) is 3.71. The van der Waals surface area contributed by atoms with Gasteiger partial charge in [0.25, 0.3) is 0 Å². The van der Waals surface area contributed by atoms with Crippen LogP contribution in [0.2, 0.25) is 0 Å². The van der Waals surface area contributed by atoms with Gasteiger partial charge in [0.05, 0.1) is 11.8 Å². The second kappa shape index (κ2) is 4.18. The summed E-state index contributed by atoms with van der Waals surface area (Å²) in [6.07, 6.45) is 0.701. The molecule has 3 aromatic rings. The first-order valence-electron chi connectivity index (χ1n) is 6.82. The lowest BCUT2D eigenvalue weighted by Gasteiger charge is -2.14. The highest BCUT2D eigenvalue weighted by Crippen LogP contribution is 2.39. The lowest BCUT2D eigenvalue weighted by atomic mass is 9.86. The summed E-state index contributed by atoms with van der Waals surface area (Å²) in [5, 5.41) is 4.96. The molecule has 0 spiro atoms. The zero-order chi connectivity index (χ0) is 14.6. The molecule has 1 aliphatic heterocycles. The maximum atomic E-state index is 12.0. The Morgan fingerprint density at radius 3 is 3.00 bits per heavy atom. The van der Waals surface area contributed by atoms with Crippen LogP contribution in [0.4, 0.5) is 5.69 Å². The Morgan fingerprint density at radius 2 is 2.24 bits per heavy atom. The molecule has 21 heavy (non-hydrogen) atoms. The van der Waals surface area contributed by atoms with Gasteiger partial charge in [-0.05, 0) is 36.9 Å². The van der Waals surface area contributed by atoms with Crippen molar-refractivity contribution in [3.8, 4) is 0 Å². The number of rotatable bonds is 2. The minimum atomic E-state index is -0.517. The topological polar surface area (TPSA) is 55.1 Å². The van der Waals surface area contributed by atoms with Gasteiger partial charge in [-0.2, -0.15) is 0 Å². The summed E-state index contributed by atoms with van der Waals surface area (Å²) < 4.78 is 5.81. The monoisotopic (exact) mass is 298 g/mol. The number of amides is 1. The van der Waals surface area contributed by atoms with E-state index in [0.717, 1.165) is 22.4 Å². The highest BCUT2D eigenvalue weighted by Gasteiger charge is 2.38. The van der Waals surface area contributed by atoms with Crippen LogP contribution in [-0.4, -0.2) is 10.9 Å². The van der Waals surface area contributed by atoms with Crippen molar-refractivity contribution in [1.29, 1.82) is 0 Å². The van der Waals surface area contributed by atoms with Gasteiger partial charge in [-0.15, -0.1) is 11.3 Å². The minimum Gasteiger partial charge on any atom is -0.440 e. The number of fused-ring (bicyclic) bond motifs is 2. The van der Waals surface area contributed by atoms with Crippen LogP contribution in [-0.2, 0) is 16.6 Å². The molecule has 0 unspecified atom stereocenters. The first-order chi connectivity index (χ1) is 10.0. The third-order valence-corrected chi connectivity index (χ3v) is 4.84. The van der Waals surface area contributed by atoms with E-state index in [1.54, 1.807) is 11.3 Å². The number of hydrogen-bond acceptors (Lipinski definition) is 4. The molecule has 1 amide bonds. The molecule has 0 radical (unpaired) electrons. The quantitative estimate of drug-likeness (QED) is 0.784. The van der Waals surface area contributed by atoms with Crippen LogP contribution >= 0.6 is 11.3 Å². The third kappa shape index (κ3) is 1.88. The first kappa shape index (κ1) is 12.6. The fourth-order valence-electron chi connectivity index (χ4n) is 2.68. The number of thiophene rings is 1. The Labute approximate surface area is 125 Å². The van der Waals surface area contributed by atoms with E-state index in [9.17, 15) is 4.79 Å². The molecule has 2 aromatic heterocycles. The highest BCUT2D eigenvalue weighted by atomic mass is 32.1. The normalized spacial score (nSPS) is 16.2. The maximum Gasteiger partial charge on any atom is 0.234 e. The van der Waals surface area contributed by atoms with Crippen molar-refractivity contribution >= 4 is 34.0 Å². The van der Waals surface area contributed by atoms with E-state index in [4.69, 9.17) is 4.42 Å². The third-order valence-electron chi connectivity index (χ3n) is 3.97. The molecule has 0 saturated heterocycles. The van der Waals surface area contributed by atoms with Crippen molar-refractivity contribution in [1.82, 2.24) is 4.98 Å². The number of anilines is 1. The molecule has 5 heteroatoms. The number of carbonyl (C=O) groups excluding carboxylic acids is 1. The van der Waals surface area contributed by atoms with Gasteiger partial charge in [0.15, 0.2) is 5.58 Å². The fourth-order valence-corrected chi connectivity index (χ4v) is 3.38. The van der Waals surface area contributed by atoms with Crippen LogP contribution in [0, 0.1) is 0 Å². The lowest BCUT2D eigenvalue weighted by Crippen LogP contribution is -2.26. The van der Waals surface area contributed by atoms with E-state index >= 15 is 0 Å². The molecule has 106 valence electrons. The van der Waals surface area contributed by atoms with Gasteiger partial charge in [0, 0.05) is 16.6 Å². The second-order valence-corrected chi connectivity index (χ2v) is 6.84. The number of nitrogens with one attached hydrogen (secondary N) is 1. The van der Waals surface area contributed by atoms with E-state index < -0.39 is 5.41 Å². The molecule has 1 aromatic carbocycles. The van der Waals surface area contributed by atoms with Crippen molar-refractivity contribution < 1.29 is 9.21 Å². The Kier molecular flexibility index (Phi) is 2.50. The summed E-state index contributed by atoms with van der Waals surface area (Å²) in [5.41, 5.74) is 2.83. The van der Waals surface area contributed by atoms with Crippen LogP contribution in [0.5, 0.6) is 0 Å². The van der Waals surface area contributed by atoms with Crippen molar-refractivity contribution in [2.45, 2.75) is 25.7 Å². The smallest absolute Gasteiger partial charge is 0.234 e. The summed E-state index contributed by atoms with van der Waals surface area (Å²) in [6, 6.07) is 7.93. The Bertz CT molecular complexity index is 847. The molecule has 0 aliphatic carbocycles. The number of carbonyl (C=O) groups is 1. The predicted molar refractivity (Wildman–Crippen MR) is 82.8 cm³/mol. The molecule has 0 bridgehead atoms. The number of benzene rings is 1. The lowest BCUT2D eigenvalue weighted by molar-refractivity contribution is -0.119. The maximum absolute atomic E-state index is 12.0. The molecule has 4 nitrogen and oxygen atoms in total. The van der Waals surface area contributed by atoms with Crippen LogP contribution in [0.15, 0.2) is 34.1 Å². The van der Waals surface area contributed by atoms with E-state index in [1.165, 1.54) is 4.88 Å². The van der Waals surface area contributed by atoms with E-state index in [-0.39, 0.29) is 5.91 Å². The summed E-state index contributed by atoms with van der Waals surface area (Å²) in [6.45, 7) is 3.85. The Morgan fingerprint density at radius 1 is 1.38 bits per heavy atom. The van der Waals surface area contributed by atoms with Gasteiger partial charge in [0.2, 0.25) is 11.8 Å². The van der Waals surface area contributed by atoms with Gasteiger partial charge < -0.3 is 9.73 Å². The number of aromatic nitrogens is 1. The second-order valence-electron chi connectivity index (χ2n) is 5.81. The number of hydrogen-bond donors (Lipinski definition) is 1. The van der Waals surface area contributed by atoms with Crippen molar-refractivity contribution in [3.63, 3.8) is 0 Å². The molecule has 1 N–H and O–H groups in total. The molecule has 4 rings (SSSR count). The molecule has 0 fully saturated rings. The fraction of sp³-hybridized carbons (Fsp3) is 0.250. The SMILES string of the molecule is CC1(C)C(=O)Nc2cc3oc(Cc4cccs4)nc3cc21. The van der Waals surface area contributed by atoms with Gasteiger partial charge in [-0.3, -0.25) is 4.79 Å². The van der Waals surface area contributed by atoms with Crippen molar-refractivity contribution in [3.05, 3.63) is 46.0 Å². The summed E-state index contributed by atoms with van der Waals surface area (Å²) in [4.78, 5) is 17.8. The molecular weight excluding hydrogens is 284 g/mol. The molecule has 0 atom stereocenters. The Balaban J connectivity index is 1.79. The zero-order valence-electron chi connectivity index (χ0n) is 11.8. The standard InChI is InChI=1S/C16H14N2O2S/c1-16(2)10-7-12-13(8-11(10)18-15(16)19)20-14(17-12)6-9-4-3-5-21-9/h3-5,7-8H,6H2,1-2H3,(H,18,19).